The molecular formula is C28H24N6O. The van der Waals surface area contributed by atoms with E-state index in [0.717, 1.165) is 21.9 Å². The summed E-state index contributed by atoms with van der Waals surface area (Å²) in [6, 6.07) is 33.3. The number of nitrogen functional groups attached to an aromatic ring is 1. The van der Waals surface area contributed by atoms with E-state index < -0.39 is 0 Å². The minimum absolute atomic E-state index is 0.173. The van der Waals surface area contributed by atoms with Gasteiger partial charge in [-0.25, -0.2) is 9.97 Å². The van der Waals surface area contributed by atoms with Gasteiger partial charge in [-0.3, -0.25) is 15.6 Å². The van der Waals surface area contributed by atoms with Gasteiger partial charge in [-0.2, -0.15) is 0 Å². The van der Waals surface area contributed by atoms with Gasteiger partial charge >= 0.3 is 0 Å². The van der Waals surface area contributed by atoms with Crippen molar-refractivity contribution in [2.75, 3.05) is 16.5 Å². The number of carbonyl (C=O) groups excluding carboxylic acids is 1. The van der Waals surface area contributed by atoms with E-state index in [1.807, 2.05) is 97.1 Å². The average molecular weight is 461 g/mol. The average Bonchev–Trinajstić information content (AvgIpc) is 2.92. The lowest BCUT2D eigenvalue weighted by molar-refractivity contribution is 0.0964. The lowest BCUT2D eigenvalue weighted by atomic mass is 9.99. The number of amides is 1. The summed E-state index contributed by atoms with van der Waals surface area (Å²) in [6.07, 6.45) is 1.40. The number of nitrogens with two attached hydrogens (primary N) is 1. The highest BCUT2D eigenvalue weighted by molar-refractivity contribution is 6.07. The molecule has 5 N–H and O–H groups in total. The number of nitrogens with zero attached hydrogens (tertiary/aromatic N) is 2. The van der Waals surface area contributed by atoms with Crippen molar-refractivity contribution < 1.29 is 4.79 Å². The van der Waals surface area contributed by atoms with E-state index in [9.17, 15) is 4.79 Å². The first kappa shape index (κ1) is 21.9. The molecule has 1 amide bonds. The van der Waals surface area contributed by atoms with Crippen LogP contribution in [0, 0.1) is 0 Å². The fourth-order valence-corrected chi connectivity index (χ4v) is 4.00. The van der Waals surface area contributed by atoms with Gasteiger partial charge < -0.3 is 11.1 Å². The number of benzene rings is 4. The Kier molecular flexibility index (Phi) is 6.21. The number of nitrogens with one attached hydrogen (secondary N) is 3. The fraction of sp³-hybridized carbons (Fsp3) is 0.0357. The zero-order valence-electron chi connectivity index (χ0n) is 18.8. The molecule has 1 aromatic heterocycles. The van der Waals surface area contributed by atoms with Crippen LogP contribution in [0.2, 0.25) is 0 Å². The van der Waals surface area contributed by atoms with Gasteiger partial charge in [0.15, 0.2) is 11.6 Å². The molecule has 0 spiro atoms. The van der Waals surface area contributed by atoms with Gasteiger partial charge in [0.05, 0.1) is 6.04 Å². The first-order chi connectivity index (χ1) is 17.2. The molecule has 0 unspecified atom stereocenters. The van der Waals surface area contributed by atoms with E-state index >= 15 is 0 Å². The van der Waals surface area contributed by atoms with Gasteiger partial charge in [-0.15, -0.1) is 0 Å². The van der Waals surface area contributed by atoms with Crippen molar-refractivity contribution in [3.8, 4) is 0 Å². The monoisotopic (exact) mass is 460 g/mol. The largest absolute Gasteiger partial charge is 0.393 e. The van der Waals surface area contributed by atoms with Crippen LogP contribution >= 0.6 is 0 Å². The van der Waals surface area contributed by atoms with Crippen LogP contribution in [0.4, 0.5) is 17.3 Å². The first-order valence-electron chi connectivity index (χ1n) is 11.2. The summed E-state index contributed by atoms with van der Waals surface area (Å²) in [5, 5.41) is 5.28. The van der Waals surface area contributed by atoms with Gasteiger partial charge in [-0.05, 0) is 28.0 Å². The number of carbonyl (C=O) groups is 1. The molecule has 5 rings (SSSR count). The molecule has 0 saturated heterocycles. The lowest BCUT2D eigenvalue weighted by Gasteiger charge is -2.22. The number of hydrazine groups is 1. The summed E-state index contributed by atoms with van der Waals surface area (Å²) in [6.45, 7) is 0. The third-order valence-corrected chi connectivity index (χ3v) is 5.76. The lowest BCUT2D eigenvalue weighted by Crippen LogP contribution is -2.30. The summed E-state index contributed by atoms with van der Waals surface area (Å²) < 4.78 is 0. The Bertz CT molecular complexity index is 1410. The number of hydrogen-bond donors (Lipinski definition) is 4. The topological polar surface area (TPSA) is 105 Å². The molecular weight excluding hydrogens is 436 g/mol. The van der Waals surface area contributed by atoms with E-state index in [-0.39, 0.29) is 11.9 Å². The Morgan fingerprint density at radius 2 is 1.31 bits per heavy atom. The molecule has 0 aliphatic heterocycles. The Morgan fingerprint density at radius 3 is 2.03 bits per heavy atom. The van der Waals surface area contributed by atoms with Crippen molar-refractivity contribution in [2.45, 2.75) is 6.04 Å². The molecule has 5 aromatic rings. The van der Waals surface area contributed by atoms with Crippen LogP contribution in [-0.2, 0) is 0 Å². The van der Waals surface area contributed by atoms with Crippen LogP contribution in [0.5, 0.6) is 0 Å². The van der Waals surface area contributed by atoms with Crippen LogP contribution in [0.15, 0.2) is 109 Å². The van der Waals surface area contributed by atoms with Crippen molar-refractivity contribution in [2.24, 2.45) is 0 Å². The van der Waals surface area contributed by atoms with Crippen molar-refractivity contribution in [1.82, 2.24) is 15.4 Å². The number of aromatic nitrogens is 2. The van der Waals surface area contributed by atoms with Crippen molar-refractivity contribution >= 4 is 34.0 Å². The van der Waals surface area contributed by atoms with Crippen LogP contribution in [0.1, 0.15) is 27.5 Å². The maximum Gasteiger partial charge on any atom is 0.270 e. The first-order valence-corrected chi connectivity index (χ1v) is 11.2. The summed E-state index contributed by atoms with van der Waals surface area (Å²) >= 11 is 0. The van der Waals surface area contributed by atoms with Crippen LogP contribution in [0.25, 0.3) is 10.8 Å². The van der Waals surface area contributed by atoms with Crippen LogP contribution in [0.3, 0.4) is 0 Å². The second kappa shape index (κ2) is 9.93. The van der Waals surface area contributed by atoms with Crippen LogP contribution in [-0.4, -0.2) is 15.9 Å². The number of anilines is 3. The molecule has 0 atom stereocenters. The van der Waals surface area contributed by atoms with Crippen molar-refractivity contribution in [1.29, 1.82) is 0 Å². The summed E-state index contributed by atoms with van der Waals surface area (Å²) in [5.41, 5.74) is 14.9. The smallest absolute Gasteiger partial charge is 0.270 e. The van der Waals surface area contributed by atoms with Gasteiger partial charge in [-0.1, -0.05) is 97.1 Å². The molecule has 7 heteroatoms. The normalized spacial score (nSPS) is 10.8. The minimum Gasteiger partial charge on any atom is -0.393 e. The third-order valence-electron chi connectivity index (χ3n) is 5.76. The molecule has 172 valence electrons. The zero-order valence-corrected chi connectivity index (χ0v) is 18.8. The second-order valence-electron chi connectivity index (χ2n) is 7.99. The molecule has 0 bridgehead atoms. The SMILES string of the molecule is Nc1c(NNC(=O)c2cccc3ccccc23)ncnc1NC(c1ccccc1)c1ccccc1. The molecule has 0 radical (unpaired) electrons. The van der Waals surface area contributed by atoms with E-state index in [1.54, 1.807) is 6.07 Å². The van der Waals surface area contributed by atoms with E-state index in [2.05, 4.69) is 26.1 Å². The van der Waals surface area contributed by atoms with E-state index in [0.29, 0.717) is 22.9 Å². The predicted octanol–water partition coefficient (Wildman–Crippen LogP) is 5.17. The minimum atomic E-state index is -0.291. The summed E-state index contributed by atoms with van der Waals surface area (Å²) in [4.78, 5) is 21.5. The highest BCUT2D eigenvalue weighted by Gasteiger charge is 2.18. The van der Waals surface area contributed by atoms with Crippen molar-refractivity contribution in [3.63, 3.8) is 0 Å². The Labute approximate surface area is 203 Å². The standard InChI is InChI=1S/C28H24N6O/c29-24-26(32-25(20-11-3-1-4-12-20)21-13-5-2-6-14-21)30-18-31-27(24)33-34-28(35)23-17-9-15-19-10-7-8-16-22(19)23/h1-18,25H,29H2,(H,34,35)(H2,30,31,32,33). The second-order valence-corrected chi connectivity index (χ2v) is 7.99. The Hall–Kier alpha value is -4.91. The quantitative estimate of drug-likeness (QED) is 0.250. The zero-order chi connectivity index (χ0) is 24.0. The molecule has 0 fully saturated rings. The van der Waals surface area contributed by atoms with Crippen LogP contribution < -0.4 is 21.9 Å². The molecule has 0 saturated carbocycles. The maximum absolute atomic E-state index is 12.9. The Balaban J connectivity index is 1.38. The third kappa shape index (κ3) is 4.74. The summed E-state index contributed by atoms with van der Waals surface area (Å²) in [7, 11) is 0. The molecule has 7 nitrogen and oxygen atoms in total. The number of fused-ring (bicyclic) bond motifs is 1. The van der Waals surface area contributed by atoms with Gasteiger partial charge in [0.25, 0.3) is 5.91 Å². The fourth-order valence-electron chi connectivity index (χ4n) is 4.00. The molecule has 4 aromatic carbocycles. The number of hydrogen-bond acceptors (Lipinski definition) is 6. The molecule has 0 aliphatic carbocycles. The number of rotatable bonds is 7. The Morgan fingerprint density at radius 1 is 0.714 bits per heavy atom. The van der Waals surface area contributed by atoms with Gasteiger partial charge in [0.1, 0.15) is 12.0 Å². The molecule has 0 aliphatic rings. The summed E-state index contributed by atoms with van der Waals surface area (Å²) in [5.74, 6) is 0.469. The van der Waals surface area contributed by atoms with E-state index in [4.69, 9.17) is 5.73 Å². The highest BCUT2D eigenvalue weighted by Crippen LogP contribution is 2.30. The van der Waals surface area contributed by atoms with E-state index in [1.165, 1.54) is 6.33 Å². The maximum atomic E-state index is 12.9. The highest BCUT2D eigenvalue weighted by atomic mass is 16.2. The molecule has 35 heavy (non-hydrogen) atoms. The van der Waals surface area contributed by atoms with Gasteiger partial charge in [0.2, 0.25) is 0 Å². The molecule has 1 heterocycles. The predicted molar refractivity (Wildman–Crippen MR) is 140 cm³/mol. The van der Waals surface area contributed by atoms with Gasteiger partial charge in [0, 0.05) is 5.56 Å². The van der Waals surface area contributed by atoms with Crippen molar-refractivity contribution in [3.05, 3.63) is 126 Å².